The average Bonchev–Trinajstić information content (AvgIpc) is 3.27. The molecule has 0 N–H and O–H groups in total. The Bertz CT molecular complexity index is 1040. The lowest BCUT2D eigenvalue weighted by atomic mass is 10.4. The molecule has 0 nitrogen and oxygen atoms in total. The summed E-state index contributed by atoms with van der Waals surface area (Å²) in [7, 11) is 0.524. The Morgan fingerprint density at radius 1 is 0.467 bits per heavy atom. The van der Waals surface area contributed by atoms with E-state index in [1.54, 1.807) is 21.2 Å². The molecule has 30 heavy (non-hydrogen) atoms. The van der Waals surface area contributed by atoms with Gasteiger partial charge in [0.25, 0.3) is 6.99 Å². The van der Waals surface area contributed by atoms with Gasteiger partial charge in [-0.05, 0) is 48.5 Å². The molecule has 3 fully saturated rings. The van der Waals surface area contributed by atoms with Gasteiger partial charge in [-0.3, -0.25) is 0 Å². The minimum Gasteiger partial charge on any atom is -0.0620 e. The summed E-state index contributed by atoms with van der Waals surface area (Å²) >= 11 is 0. The largest absolute Gasteiger partial charge is 0.267 e. The van der Waals surface area contributed by atoms with Gasteiger partial charge in [0.2, 0.25) is 0 Å². The van der Waals surface area contributed by atoms with Crippen molar-refractivity contribution >= 4 is 56.4 Å². The van der Waals surface area contributed by atoms with Gasteiger partial charge in [-0.2, -0.15) is 0 Å². The third kappa shape index (κ3) is 2.12. The molecule has 0 bridgehead atoms. The average molecular weight is 476 g/mol. The molecular weight excluding hydrogens is 455 g/mol. The molecule has 144 valence electrons. The normalized spacial score (nSPS) is 28.5. The van der Waals surface area contributed by atoms with E-state index in [4.69, 9.17) is 0 Å². The monoisotopic (exact) mass is 476 g/mol. The minimum absolute atomic E-state index is 0.0540. The van der Waals surface area contributed by atoms with E-state index in [2.05, 4.69) is 121 Å². The van der Waals surface area contributed by atoms with Crippen LogP contribution in [0.15, 0.2) is 121 Å². The van der Waals surface area contributed by atoms with Crippen LogP contribution in [0.25, 0.3) is 0 Å². The lowest BCUT2D eigenvalue weighted by molar-refractivity contribution is 1.73. The highest BCUT2D eigenvalue weighted by Gasteiger charge is 3.12. The maximum Gasteiger partial charge on any atom is 0.267 e. The molecule has 4 aromatic rings. The number of hydrogen-bond acceptors (Lipinski definition) is 0. The Balaban J connectivity index is 1.51. The van der Waals surface area contributed by atoms with Crippen molar-refractivity contribution in [3.8, 4) is 0 Å². The van der Waals surface area contributed by atoms with Gasteiger partial charge < -0.3 is 0 Å². The predicted molar refractivity (Wildman–Crippen MR) is 143 cm³/mol. The van der Waals surface area contributed by atoms with Gasteiger partial charge in [-0.1, -0.05) is 72.8 Å². The number of rotatable bonds is 4. The molecule has 0 saturated carbocycles. The van der Waals surface area contributed by atoms with E-state index in [0.717, 1.165) is 5.14 Å². The second-order valence-electron chi connectivity index (χ2n) is 7.88. The molecule has 4 atom stereocenters. The van der Waals surface area contributed by atoms with Gasteiger partial charge in [-0.25, -0.2) is 0 Å². The van der Waals surface area contributed by atoms with Crippen LogP contribution in [0.5, 0.6) is 0 Å². The summed E-state index contributed by atoms with van der Waals surface area (Å²) in [4.78, 5) is 0. The van der Waals surface area contributed by atoms with Crippen molar-refractivity contribution in [2.24, 2.45) is 0 Å². The van der Waals surface area contributed by atoms with Crippen molar-refractivity contribution in [2.75, 3.05) is 0 Å². The van der Waals surface area contributed by atoms with Crippen molar-refractivity contribution in [2.45, 2.75) is 5.14 Å². The molecule has 3 saturated heterocycles. The third-order valence-corrected chi connectivity index (χ3v) is 69.5. The first-order valence-electron chi connectivity index (χ1n) is 10.3. The maximum absolute atomic E-state index is 2.48. The standard InChI is InChI=1S/C25H21P5/c1-5-13-21(14-6-1)29(22-15-7-2-8-16-22)25-26-27(25)30(28(26)29,23-17-9-3-10-18-23)24-19-11-4-12-20-24/h1-20,25H/q+2. The molecule has 4 unspecified atom stereocenters. The van der Waals surface area contributed by atoms with E-state index in [1.165, 1.54) is 0 Å². The zero-order valence-corrected chi connectivity index (χ0v) is 20.8. The summed E-state index contributed by atoms with van der Waals surface area (Å²) in [6.07, 6.45) is 0. The molecule has 3 aliphatic rings. The summed E-state index contributed by atoms with van der Waals surface area (Å²) in [6.45, 7) is -2.49. The zero-order valence-electron chi connectivity index (χ0n) is 16.4. The summed E-state index contributed by atoms with van der Waals surface area (Å²) in [5.74, 6) is 0. The zero-order chi connectivity index (χ0) is 19.8. The van der Waals surface area contributed by atoms with E-state index in [9.17, 15) is 0 Å². The Morgan fingerprint density at radius 3 is 1.23 bits per heavy atom. The first-order valence-corrected chi connectivity index (χ1v) is 21.6. The van der Waals surface area contributed by atoms with Gasteiger partial charge in [-0.15, -0.1) is 0 Å². The van der Waals surface area contributed by atoms with Crippen molar-refractivity contribution in [3.63, 3.8) is 0 Å². The molecule has 0 spiro atoms. The van der Waals surface area contributed by atoms with Crippen LogP contribution in [-0.2, 0) is 0 Å². The Labute approximate surface area is 182 Å². The van der Waals surface area contributed by atoms with Crippen LogP contribution < -0.4 is 21.2 Å². The van der Waals surface area contributed by atoms with Gasteiger partial charge in [0.1, 0.15) is 28.5 Å². The molecular formula is C25H21P5+2. The summed E-state index contributed by atoms with van der Waals surface area (Å²) in [5, 5.41) is 7.87. The maximum atomic E-state index is 2.48. The van der Waals surface area contributed by atoms with E-state index in [1.807, 2.05) is 0 Å². The second-order valence-corrected chi connectivity index (χ2v) is 37.1. The van der Waals surface area contributed by atoms with Crippen molar-refractivity contribution in [1.82, 2.24) is 0 Å². The molecule has 3 aliphatic heterocycles. The molecule has 7 rings (SSSR count). The van der Waals surface area contributed by atoms with Crippen LogP contribution in [0, 0.1) is 0 Å². The van der Waals surface area contributed by atoms with Crippen molar-refractivity contribution < 1.29 is 0 Å². The fraction of sp³-hybridized carbons (Fsp3) is 0.0400. The highest BCUT2D eigenvalue weighted by molar-refractivity contribution is 9.40. The summed E-state index contributed by atoms with van der Waals surface area (Å²) in [5.41, 5.74) is 0. The smallest absolute Gasteiger partial charge is 0.0620 e. The van der Waals surface area contributed by atoms with Crippen molar-refractivity contribution in [1.29, 1.82) is 0 Å². The predicted octanol–water partition coefficient (Wildman–Crippen LogP) is 7.67. The van der Waals surface area contributed by atoms with Gasteiger partial charge in [0.15, 0.2) is 26.0 Å². The minimum atomic E-state index is -1.29. The van der Waals surface area contributed by atoms with Gasteiger partial charge >= 0.3 is 0 Å². The highest BCUT2D eigenvalue weighted by Crippen LogP contribution is 3.58. The Morgan fingerprint density at radius 2 is 0.833 bits per heavy atom. The summed E-state index contributed by atoms with van der Waals surface area (Å²) in [6, 6.07) is 46.9. The lowest BCUT2D eigenvalue weighted by Crippen LogP contribution is -2.27. The SMILES string of the molecule is c1ccc([P+]2(c3ccccc3)C3P4P3[P+](c3ccccc3)(c3ccccc3)P42)cc1. The molecule has 3 heterocycles. The van der Waals surface area contributed by atoms with Crippen LogP contribution in [-0.4, -0.2) is 5.14 Å². The molecule has 5 heteroatoms. The fourth-order valence-corrected chi connectivity index (χ4v) is 114. The quantitative estimate of drug-likeness (QED) is 0.265. The van der Waals surface area contributed by atoms with Gasteiger partial charge in [0, 0.05) is 0 Å². The van der Waals surface area contributed by atoms with E-state index in [0.29, 0.717) is 7.30 Å². The van der Waals surface area contributed by atoms with E-state index >= 15 is 0 Å². The highest BCUT2D eigenvalue weighted by atomic mass is 33.2. The van der Waals surface area contributed by atoms with E-state index in [-0.39, 0.29) is 14.3 Å². The van der Waals surface area contributed by atoms with Crippen LogP contribution in [0.1, 0.15) is 0 Å². The first-order chi connectivity index (χ1) is 14.9. The summed E-state index contributed by atoms with van der Waals surface area (Å²) < 4.78 is 0. The fourth-order valence-electron chi connectivity index (χ4n) is 5.27. The van der Waals surface area contributed by atoms with Gasteiger partial charge in [0.05, 0.1) is 0 Å². The Hall–Kier alpha value is -0.970. The third-order valence-electron chi connectivity index (χ3n) is 6.46. The Kier molecular flexibility index (Phi) is 4.19. The lowest BCUT2D eigenvalue weighted by Gasteiger charge is -2.43. The topological polar surface area (TPSA) is 0 Å². The number of hydrogen-bond donors (Lipinski definition) is 0. The molecule has 0 amide bonds. The molecule has 0 radical (unpaired) electrons. The molecule has 0 aromatic heterocycles. The van der Waals surface area contributed by atoms with Crippen LogP contribution in [0.3, 0.4) is 0 Å². The van der Waals surface area contributed by atoms with E-state index < -0.39 is 13.6 Å². The molecule has 0 aliphatic carbocycles. The van der Waals surface area contributed by atoms with Crippen molar-refractivity contribution in [3.05, 3.63) is 121 Å². The number of fused-ring (bicyclic) bond motifs is 1. The van der Waals surface area contributed by atoms with Crippen LogP contribution in [0.2, 0.25) is 0 Å². The number of benzene rings is 4. The van der Waals surface area contributed by atoms with Crippen LogP contribution in [0.4, 0.5) is 0 Å². The first kappa shape index (κ1) is 18.6. The second kappa shape index (κ2) is 6.76. The van der Waals surface area contributed by atoms with Crippen LogP contribution >= 0.6 is 35.2 Å². The molecule has 4 aromatic carbocycles.